The monoisotopic (exact) mass is 205 g/mol. The summed E-state index contributed by atoms with van der Waals surface area (Å²) < 4.78 is 0. The molecule has 1 rings (SSSR count). The highest BCUT2D eigenvalue weighted by molar-refractivity contribution is 5.53. The zero-order valence-electron chi connectivity index (χ0n) is 8.99. The fourth-order valence-corrected chi connectivity index (χ4v) is 1.05. The molecule has 0 fully saturated rings. The first-order valence-electron chi connectivity index (χ1n) is 4.90. The SMILES string of the molecule is CCC(C)(O)CNc1cccnc1C#N. The van der Waals surface area contributed by atoms with Crippen LogP contribution < -0.4 is 5.32 Å². The molecule has 1 heterocycles. The maximum atomic E-state index is 9.78. The van der Waals surface area contributed by atoms with Crippen molar-refractivity contribution in [3.8, 4) is 6.07 Å². The van der Waals surface area contributed by atoms with E-state index in [1.807, 2.05) is 13.0 Å². The van der Waals surface area contributed by atoms with Crippen LogP contribution in [0.3, 0.4) is 0 Å². The third kappa shape index (κ3) is 3.22. The number of nitrogens with zero attached hydrogens (tertiary/aromatic N) is 2. The smallest absolute Gasteiger partial charge is 0.163 e. The van der Waals surface area contributed by atoms with Crippen LogP contribution in [0.15, 0.2) is 18.3 Å². The highest BCUT2D eigenvalue weighted by Crippen LogP contribution is 2.14. The Labute approximate surface area is 89.6 Å². The van der Waals surface area contributed by atoms with E-state index in [9.17, 15) is 5.11 Å². The lowest BCUT2D eigenvalue weighted by Crippen LogP contribution is -2.32. The summed E-state index contributed by atoms with van der Waals surface area (Å²) in [5.74, 6) is 0. The van der Waals surface area contributed by atoms with Gasteiger partial charge >= 0.3 is 0 Å². The van der Waals surface area contributed by atoms with E-state index in [0.717, 1.165) is 0 Å². The van der Waals surface area contributed by atoms with Crippen LogP contribution in [-0.2, 0) is 0 Å². The third-order valence-electron chi connectivity index (χ3n) is 2.33. The molecule has 4 nitrogen and oxygen atoms in total. The minimum absolute atomic E-state index is 0.351. The van der Waals surface area contributed by atoms with Crippen LogP contribution in [0, 0.1) is 11.3 Å². The van der Waals surface area contributed by atoms with E-state index in [0.29, 0.717) is 24.3 Å². The number of hydrogen-bond donors (Lipinski definition) is 2. The molecular formula is C11H15N3O. The van der Waals surface area contributed by atoms with Gasteiger partial charge in [-0.25, -0.2) is 4.98 Å². The van der Waals surface area contributed by atoms with Crippen molar-refractivity contribution >= 4 is 5.69 Å². The number of aromatic nitrogens is 1. The molecule has 0 aliphatic heterocycles. The summed E-state index contributed by atoms with van der Waals surface area (Å²) in [6.45, 7) is 4.07. The summed E-state index contributed by atoms with van der Waals surface area (Å²) in [6, 6.07) is 5.52. The lowest BCUT2D eigenvalue weighted by molar-refractivity contribution is 0.0697. The van der Waals surface area contributed by atoms with Gasteiger partial charge in [-0.05, 0) is 25.5 Å². The van der Waals surface area contributed by atoms with Gasteiger partial charge in [0, 0.05) is 12.7 Å². The maximum Gasteiger partial charge on any atom is 0.163 e. The molecule has 2 N–H and O–H groups in total. The minimum Gasteiger partial charge on any atom is -0.388 e. The molecule has 0 saturated carbocycles. The topological polar surface area (TPSA) is 68.9 Å². The van der Waals surface area contributed by atoms with Gasteiger partial charge < -0.3 is 10.4 Å². The van der Waals surface area contributed by atoms with Crippen molar-refractivity contribution < 1.29 is 5.11 Å². The molecule has 1 atom stereocenters. The van der Waals surface area contributed by atoms with Crippen molar-refractivity contribution in [3.63, 3.8) is 0 Å². The molecule has 0 bridgehead atoms. The summed E-state index contributed by atoms with van der Waals surface area (Å²) in [6.07, 6.45) is 2.23. The zero-order chi connectivity index (χ0) is 11.3. The molecule has 0 amide bonds. The van der Waals surface area contributed by atoms with Crippen LogP contribution in [0.4, 0.5) is 5.69 Å². The van der Waals surface area contributed by atoms with Crippen LogP contribution in [0.2, 0.25) is 0 Å². The molecule has 0 aliphatic carbocycles. The Kier molecular flexibility index (Phi) is 3.64. The summed E-state index contributed by atoms with van der Waals surface area (Å²) >= 11 is 0. The van der Waals surface area contributed by atoms with Crippen LogP contribution >= 0.6 is 0 Å². The second-order valence-electron chi connectivity index (χ2n) is 3.72. The molecule has 15 heavy (non-hydrogen) atoms. The van der Waals surface area contributed by atoms with Gasteiger partial charge in [0.15, 0.2) is 5.69 Å². The fourth-order valence-electron chi connectivity index (χ4n) is 1.05. The highest BCUT2D eigenvalue weighted by atomic mass is 16.3. The average molecular weight is 205 g/mol. The van der Waals surface area contributed by atoms with E-state index >= 15 is 0 Å². The molecule has 0 saturated heterocycles. The van der Waals surface area contributed by atoms with Gasteiger partial charge in [0.05, 0.1) is 11.3 Å². The van der Waals surface area contributed by atoms with Gasteiger partial charge in [-0.3, -0.25) is 0 Å². The Bertz CT molecular complexity index is 368. The molecule has 1 aromatic rings. The van der Waals surface area contributed by atoms with Crippen molar-refractivity contribution in [2.75, 3.05) is 11.9 Å². The van der Waals surface area contributed by atoms with E-state index < -0.39 is 5.60 Å². The largest absolute Gasteiger partial charge is 0.388 e. The minimum atomic E-state index is -0.761. The molecule has 0 aliphatic rings. The van der Waals surface area contributed by atoms with E-state index in [-0.39, 0.29) is 0 Å². The summed E-state index contributed by atoms with van der Waals surface area (Å²) in [4.78, 5) is 3.92. The normalized spacial score (nSPS) is 14.0. The molecule has 4 heteroatoms. The van der Waals surface area contributed by atoms with Gasteiger partial charge in [0.25, 0.3) is 0 Å². The molecular weight excluding hydrogens is 190 g/mol. The lowest BCUT2D eigenvalue weighted by atomic mass is 10.0. The van der Waals surface area contributed by atoms with Crippen molar-refractivity contribution in [3.05, 3.63) is 24.0 Å². The number of pyridine rings is 1. The molecule has 0 spiro atoms. The standard InChI is InChI=1S/C11H15N3O/c1-3-11(2,15)8-14-9-5-4-6-13-10(9)7-12/h4-6,14-15H,3,8H2,1-2H3. The van der Waals surface area contributed by atoms with Crippen LogP contribution in [-0.4, -0.2) is 22.2 Å². The van der Waals surface area contributed by atoms with Crippen molar-refractivity contribution in [2.24, 2.45) is 0 Å². The predicted octanol–water partition coefficient (Wildman–Crippen LogP) is 1.53. The number of rotatable bonds is 4. The van der Waals surface area contributed by atoms with E-state index in [2.05, 4.69) is 10.3 Å². The lowest BCUT2D eigenvalue weighted by Gasteiger charge is -2.22. The summed E-state index contributed by atoms with van der Waals surface area (Å²) in [5.41, 5.74) is 0.251. The molecule has 1 aromatic heterocycles. The van der Waals surface area contributed by atoms with Crippen LogP contribution in [0.5, 0.6) is 0 Å². The van der Waals surface area contributed by atoms with Crippen molar-refractivity contribution in [1.82, 2.24) is 4.98 Å². The van der Waals surface area contributed by atoms with Gasteiger partial charge in [-0.2, -0.15) is 5.26 Å². The van der Waals surface area contributed by atoms with Gasteiger partial charge in [0.2, 0.25) is 0 Å². The Morgan fingerprint density at radius 3 is 3.00 bits per heavy atom. The molecule has 80 valence electrons. The van der Waals surface area contributed by atoms with Crippen LogP contribution in [0.1, 0.15) is 26.0 Å². The van der Waals surface area contributed by atoms with Gasteiger partial charge in [-0.1, -0.05) is 6.92 Å². The van der Waals surface area contributed by atoms with E-state index in [1.165, 1.54) is 0 Å². The second kappa shape index (κ2) is 4.76. The van der Waals surface area contributed by atoms with E-state index in [4.69, 9.17) is 5.26 Å². The van der Waals surface area contributed by atoms with Gasteiger partial charge in [0.1, 0.15) is 6.07 Å². The second-order valence-corrected chi connectivity index (χ2v) is 3.72. The highest BCUT2D eigenvalue weighted by Gasteiger charge is 2.17. The van der Waals surface area contributed by atoms with E-state index in [1.54, 1.807) is 25.3 Å². The Hall–Kier alpha value is -1.60. The number of nitrogens with one attached hydrogen (secondary N) is 1. The molecule has 0 radical (unpaired) electrons. The molecule has 0 aromatic carbocycles. The quantitative estimate of drug-likeness (QED) is 0.782. The number of nitriles is 1. The Morgan fingerprint density at radius 1 is 1.67 bits per heavy atom. The van der Waals surface area contributed by atoms with Gasteiger partial charge in [-0.15, -0.1) is 0 Å². The number of hydrogen-bond acceptors (Lipinski definition) is 4. The first-order valence-corrected chi connectivity index (χ1v) is 4.90. The number of anilines is 1. The van der Waals surface area contributed by atoms with Crippen molar-refractivity contribution in [1.29, 1.82) is 5.26 Å². The predicted molar refractivity (Wildman–Crippen MR) is 58.4 cm³/mol. The number of aliphatic hydroxyl groups is 1. The zero-order valence-corrected chi connectivity index (χ0v) is 8.99. The molecule has 1 unspecified atom stereocenters. The maximum absolute atomic E-state index is 9.78. The third-order valence-corrected chi connectivity index (χ3v) is 2.33. The Morgan fingerprint density at radius 2 is 2.40 bits per heavy atom. The van der Waals surface area contributed by atoms with Crippen molar-refractivity contribution in [2.45, 2.75) is 25.9 Å². The first kappa shape index (κ1) is 11.5. The summed E-state index contributed by atoms with van der Waals surface area (Å²) in [7, 11) is 0. The summed E-state index contributed by atoms with van der Waals surface area (Å²) in [5, 5.41) is 21.6. The first-order chi connectivity index (χ1) is 7.09. The fraction of sp³-hybridized carbons (Fsp3) is 0.455. The van der Waals surface area contributed by atoms with Crippen LogP contribution in [0.25, 0.3) is 0 Å². The Balaban J connectivity index is 2.70. The average Bonchev–Trinajstić information content (AvgIpc) is 2.27.